The third-order valence-corrected chi connectivity index (χ3v) is 3.96. The molecule has 2 rings (SSSR count). The van der Waals surface area contributed by atoms with Crippen molar-refractivity contribution < 1.29 is 5.11 Å². The fraction of sp³-hybridized carbons (Fsp3) is 0.300. The average molecular weight is 278 g/mol. The molecule has 0 aliphatic rings. The summed E-state index contributed by atoms with van der Waals surface area (Å²) in [5, 5.41) is 11.2. The summed E-state index contributed by atoms with van der Waals surface area (Å²) in [6.07, 6.45) is 1.79. The van der Waals surface area contributed by atoms with Gasteiger partial charge in [0.15, 0.2) is 5.60 Å². The zero-order valence-corrected chi connectivity index (χ0v) is 12.7. The summed E-state index contributed by atoms with van der Waals surface area (Å²) < 4.78 is 0. The monoisotopic (exact) mass is 278 g/mol. The average Bonchev–Trinajstić information content (AvgIpc) is 2.56. The predicted octanol–water partition coefficient (Wildman–Crippen LogP) is 4.36. The first-order valence-electron chi connectivity index (χ1n) is 7.56. The minimum Gasteiger partial charge on any atom is -0.373 e. The Morgan fingerprint density at radius 1 is 0.905 bits per heavy atom. The smallest absolute Gasteiger partial charge is 0.154 e. The van der Waals surface area contributed by atoms with Gasteiger partial charge >= 0.3 is 0 Å². The fourth-order valence-electron chi connectivity index (χ4n) is 2.67. The minimum atomic E-state index is -1.10. The second-order valence-electron chi connectivity index (χ2n) is 5.26. The van der Waals surface area contributed by atoms with Crippen molar-refractivity contribution in [2.24, 2.45) is 5.92 Å². The quantitative estimate of drug-likeness (QED) is 0.824. The summed E-state index contributed by atoms with van der Waals surface area (Å²) in [5.41, 5.74) is 0.709. The van der Waals surface area contributed by atoms with E-state index >= 15 is 0 Å². The predicted molar refractivity (Wildman–Crippen MR) is 87.7 cm³/mol. The molecule has 1 atom stereocenters. The molecule has 0 spiro atoms. The third-order valence-electron chi connectivity index (χ3n) is 3.96. The van der Waals surface area contributed by atoms with Gasteiger partial charge in [0.25, 0.3) is 0 Å². The highest BCUT2D eigenvalue weighted by Crippen LogP contribution is 2.33. The van der Waals surface area contributed by atoms with E-state index in [4.69, 9.17) is 0 Å². The molecule has 0 unspecified atom stereocenters. The van der Waals surface area contributed by atoms with E-state index in [1.165, 1.54) is 0 Å². The van der Waals surface area contributed by atoms with Crippen LogP contribution in [0.5, 0.6) is 0 Å². The van der Waals surface area contributed by atoms with Crippen LogP contribution in [0.3, 0.4) is 0 Å². The van der Waals surface area contributed by atoms with Crippen molar-refractivity contribution in [2.45, 2.75) is 32.3 Å². The number of aliphatic hydroxyl groups is 1. The van der Waals surface area contributed by atoms with Crippen molar-refractivity contribution in [2.75, 3.05) is 0 Å². The Morgan fingerprint density at radius 2 is 1.43 bits per heavy atom. The molecule has 1 nitrogen and oxygen atoms in total. The van der Waals surface area contributed by atoms with E-state index in [1.807, 2.05) is 60.7 Å². The maximum atomic E-state index is 11.2. The van der Waals surface area contributed by atoms with Crippen LogP contribution in [0.1, 0.15) is 37.8 Å². The Balaban J connectivity index is 2.45. The van der Waals surface area contributed by atoms with Crippen molar-refractivity contribution in [1.29, 1.82) is 0 Å². The molecular formula is C20H22O. The summed E-state index contributed by atoms with van der Waals surface area (Å²) >= 11 is 0. The Kier molecular flexibility index (Phi) is 5.20. The zero-order valence-electron chi connectivity index (χ0n) is 12.7. The Hall–Kier alpha value is -2.04. The lowest BCUT2D eigenvalue weighted by Gasteiger charge is -2.31. The third kappa shape index (κ3) is 3.54. The summed E-state index contributed by atoms with van der Waals surface area (Å²) in [6.45, 7) is 4.21. The van der Waals surface area contributed by atoms with Gasteiger partial charge < -0.3 is 5.11 Å². The molecule has 2 aromatic carbocycles. The van der Waals surface area contributed by atoms with E-state index in [-0.39, 0.29) is 5.92 Å². The van der Waals surface area contributed by atoms with Crippen molar-refractivity contribution in [1.82, 2.24) is 0 Å². The van der Waals surface area contributed by atoms with Gasteiger partial charge in [0.05, 0.1) is 0 Å². The lowest BCUT2D eigenvalue weighted by atomic mass is 9.78. The summed E-state index contributed by atoms with van der Waals surface area (Å²) in [5.74, 6) is 6.39. The van der Waals surface area contributed by atoms with Gasteiger partial charge in [-0.05, 0) is 30.5 Å². The molecule has 0 aliphatic heterocycles. The maximum Gasteiger partial charge on any atom is 0.154 e. The standard InChI is InChI=1S/C20H22O/c1-3-18(4-2)20(21,19-13-9-6-10-14-19)16-15-17-11-7-5-8-12-17/h5-14,18,21H,3-4H2,1-2H3/t20-/m1/s1. The normalized spacial score (nSPS) is 13.3. The van der Waals surface area contributed by atoms with Crippen LogP contribution in [0.25, 0.3) is 0 Å². The van der Waals surface area contributed by atoms with Crippen molar-refractivity contribution in [3.05, 3.63) is 71.8 Å². The van der Waals surface area contributed by atoms with Gasteiger partial charge in [-0.3, -0.25) is 0 Å². The van der Waals surface area contributed by atoms with Gasteiger partial charge in [0.2, 0.25) is 0 Å². The molecule has 0 aliphatic carbocycles. The Labute approximate surface area is 127 Å². The van der Waals surface area contributed by atoms with Crippen LogP contribution in [-0.4, -0.2) is 5.11 Å². The molecule has 1 heteroatoms. The number of hydrogen-bond acceptors (Lipinski definition) is 1. The van der Waals surface area contributed by atoms with Gasteiger partial charge in [-0.2, -0.15) is 0 Å². The molecule has 0 bridgehead atoms. The highest BCUT2D eigenvalue weighted by atomic mass is 16.3. The Morgan fingerprint density at radius 3 is 1.95 bits per heavy atom. The van der Waals surface area contributed by atoms with Gasteiger partial charge in [0, 0.05) is 11.5 Å². The van der Waals surface area contributed by atoms with Crippen LogP contribution in [0.4, 0.5) is 0 Å². The van der Waals surface area contributed by atoms with Crippen LogP contribution in [0.2, 0.25) is 0 Å². The highest BCUT2D eigenvalue weighted by molar-refractivity contribution is 5.40. The number of benzene rings is 2. The fourth-order valence-corrected chi connectivity index (χ4v) is 2.67. The lowest BCUT2D eigenvalue weighted by molar-refractivity contribution is 0.0300. The molecule has 21 heavy (non-hydrogen) atoms. The largest absolute Gasteiger partial charge is 0.373 e. The lowest BCUT2D eigenvalue weighted by Crippen LogP contribution is -2.33. The van der Waals surface area contributed by atoms with E-state index in [9.17, 15) is 5.11 Å². The van der Waals surface area contributed by atoms with Crippen LogP contribution in [0, 0.1) is 17.8 Å². The summed E-state index contributed by atoms with van der Waals surface area (Å²) in [6, 6.07) is 19.6. The molecule has 2 aromatic rings. The number of rotatable bonds is 4. The maximum absolute atomic E-state index is 11.2. The van der Waals surface area contributed by atoms with E-state index in [0.717, 1.165) is 24.0 Å². The second-order valence-corrected chi connectivity index (χ2v) is 5.26. The summed E-state index contributed by atoms with van der Waals surface area (Å²) in [7, 11) is 0. The highest BCUT2D eigenvalue weighted by Gasteiger charge is 2.34. The van der Waals surface area contributed by atoms with E-state index in [2.05, 4.69) is 25.7 Å². The van der Waals surface area contributed by atoms with E-state index in [0.29, 0.717) is 0 Å². The van der Waals surface area contributed by atoms with Crippen LogP contribution >= 0.6 is 0 Å². The van der Waals surface area contributed by atoms with Gasteiger partial charge in [-0.1, -0.05) is 74.2 Å². The van der Waals surface area contributed by atoms with E-state index in [1.54, 1.807) is 0 Å². The second kappa shape index (κ2) is 7.11. The molecular weight excluding hydrogens is 256 g/mol. The molecule has 0 aromatic heterocycles. The van der Waals surface area contributed by atoms with Gasteiger partial charge in [-0.15, -0.1) is 0 Å². The molecule has 108 valence electrons. The van der Waals surface area contributed by atoms with Crippen LogP contribution in [-0.2, 0) is 5.60 Å². The van der Waals surface area contributed by atoms with Crippen LogP contribution < -0.4 is 0 Å². The Bertz CT molecular complexity index is 603. The first kappa shape index (κ1) is 15.4. The van der Waals surface area contributed by atoms with Gasteiger partial charge in [0.1, 0.15) is 0 Å². The zero-order chi connectivity index (χ0) is 15.1. The summed E-state index contributed by atoms with van der Waals surface area (Å²) in [4.78, 5) is 0. The molecule has 0 fully saturated rings. The van der Waals surface area contributed by atoms with Crippen molar-refractivity contribution in [3.63, 3.8) is 0 Å². The van der Waals surface area contributed by atoms with Crippen molar-refractivity contribution in [3.8, 4) is 11.8 Å². The van der Waals surface area contributed by atoms with Crippen molar-refractivity contribution >= 4 is 0 Å². The minimum absolute atomic E-state index is 0.121. The first-order valence-corrected chi connectivity index (χ1v) is 7.56. The molecule has 0 amide bonds. The molecule has 0 heterocycles. The number of hydrogen-bond donors (Lipinski definition) is 1. The molecule has 0 saturated carbocycles. The molecule has 1 N–H and O–H groups in total. The first-order chi connectivity index (χ1) is 10.2. The van der Waals surface area contributed by atoms with Gasteiger partial charge in [-0.25, -0.2) is 0 Å². The molecule has 0 saturated heterocycles. The van der Waals surface area contributed by atoms with E-state index < -0.39 is 5.60 Å². The topological polar surface area (TPSA) is 20.2 Å². The molecule has 0 radical (unpaired) electrons. The van der Waals surface area contributed by atoms with Crippen LogP contribution in [0.15, 0.2) is 60.7 Å². The SMILES string of the molecule is CCC(CC)[C@](O)(C#Cc1ccccc1)c1ccccc1.